The highest BCUT2D eigenvalue weighted by atomic mass is 16.6. The van der Waals surface area contributed by atoms with E-state index in [0.717, 1.165) is 43.4 Å². The molecule has 0 fully saturated rings. The summed E-state index contributed by atoms with van der Waals surface area (Å²) in [5.41, 5.74) is 3.80. The van der Waals surface area contributed by atoms with E-state index >= 15 is 0 Å². The smallest absolute Gasteiger partial charge is 0.407 e. The van der Waals surface area contributed by atoms with Crippen molar-refractivity contribution in [3.63, 3.8) is 0 Å². The largest absolute Gasteiger partial charge is 0.449 e. The lowest BCUT2D eigenvalue weighted by Crippen LogP contribution is -2.31. The van der Waals surface area contributed by atoms with E-state index in [1.165, 1.54) is 0 Å². The van der Waals surface area contributed by atoms with Gasteiger partial charge in [0.2, 0.25) is 29.5 Å². The topological polar surface area (TPSA) is 248 Å². The minimum absolute atomic E-state index is 0.137. The van der Waals surface area contributed by atoms with Crippen molar-refractivity contribution in [2.75, 3.05) is 97.8 Å². The Morgan fingerprint density at radius 1 is 0.742 bits per heavy atom. The number of aryl methyl sites for hydroxylation is 3. The van der Waals surface area contributed by atoms with Crippen LogP contribution in [0.5, 0.6) is 0 Å². The molecule has 0 spiro atoms. The van der Waals surface area contributed by atoms with Crippen LogP contribution in [-0.4, -0.2) is 146 Å². The van der Waals surface area contributed by atoms with Crippen molar-refractivity contribution in [2.24, 2.45) is 11.8 Å². The fraction of sp³-hybridized carbons (Fsp3) is 0.634. The van der Waals surface area contributed by atoms with E-state index in [1.807, 2.05) is 4.68 Å². The average Bonchev–Trinajstić information content (AvgIpc) is 4.01. The zero-order chi connectivity index (χ0) is 43.8. The standard InChI is InChI=1S/C41H59N9O12/c1-29-5-7-36-37(8-6-32(29)28-60-41(53)42-10-15-56-19-23-58-21-17-54-13-4-12-51)50(49-46-36)11-16-57-20-24-59-22-18-55-14-9-38(52)43-35-26-33(39-47-44-30(2)61-39)25-34(27-35)40-48-45-31(3)62-40/h12,25-27,29,32H,4-11,13-24,28H2,1-3H3,(H,42,53)(H,43,52). The molecule has 2 atom stereocenters. The number of aldehydes is 1. The molecule has 21 nitrogen and oxygen atoms in total. The van der Waals surface area contributed by atoms with Gasteiger partial charge in [-0.3, -0.25) is 4.79 Å². The third kappa shape index (κ3) is 16.9. The van der Waals surface area contributed by atoms with Gasteiger partial charge in [-0.05, 0) is 55.7 Å². The lowest BCUT2D eigenvalue weighted by atomic mass is 9.83. The Hall–Kier alpha value is -5.19. The number of hydrogen-bond donors (Lipinski definition) is 2. The van der Waals surface area contributed by atoms with Crippen LogP contribution in [0.3, 0.4) is 0 Å². The lowest BCUT2D eigenvalue weighted by molar-refractivity contribution is -0.117. The summed E-state index contributed by atoms with van der Waals surface area (Å²) in [4.78, 5) is 35.3. The third-order valence-corrected chi connectivity index (χ3v) is 9.81. The molecule has 0 saturated heterocycles. The number of fused-ring (bicyclic) bond motifs is 1. The highest BCUT2D eigenvalue weighted by molar-refractivity contribution is 5.92. The molecule has 0 aliphatic heterocycles. The van der Waals surface area contributed by atoms with Crippen molar-refractivity contribution in [3.05, 3.63) is 41.4 Å². The molecule has 340 valence electrons. The van der Waals surface area contributed by atoms with Crippen LogP contribution in [0.1, 0.15) is 55.8 Å². The van der Waals surface area contributed by atoms with E-state index in [1.54, 1.807) is 32.0 Å². The van der Waals surface area contributed by atoms with Crippen LogP contribution in [0.25, 0.3) is 22.9 Å². The Morgan fingerprint density at radius 3 is 1.95 bits per heavy atom. The van der Waals surface area contributed by atoms with Gasteiger partial charge in [0, 0.05) is 43.6 Å². The third-order valence-electron chi connectivity index (χ3n) is 9.81. The minimum atomic E-state index is -0.461. The number of amides is 2. The second-order valence-corrected chi connectivity index (χ2v) is 14.5. The van der Waals surface area contributed by atoms with Crippen LogP contribution in [-0.2, 0) is 62.1 Å². The number of rotatable bonds is 29. The molecule has 0 bridgehead atoms. The average molecular weight is 870 g/mol. The van der Waals surface area contributed by atoms with E-state index in [-0.39, 0.29) is 24.9 Å². The van der Waals surface area contributed by atoms with Crippen molar-refractivity contribution in [2.45, 2.75) is 65.8 Å². The molecule has 4 aromatic rings. The van der Waals surface area contributed by atoms with Gasteiger partial charge in [-0.2, -0.15) is 0 Å². The van der Waals surface area contributed by atoms with Gasteiger partial charge in [0.1, 0.15) is 6.29 Å². The van der Waals surface area contributed by atoms with Crippen molar-refractivity contribution in [3.8, 4) is 22.9 Å². The first-order chi connectivity index (χ1) is 30.3. The minimum Gasteiger partial charge on any atom is -0.449 e. The van der Waals surface area contributed by atoms with Gasteiger partial charge in [-0.25, -0.2) is 9.48 Å². The first kappa shape index (κ1) is 47.9. The first-order valence-corrected chi connectivity index (χ1v) is 21.1. The molecule has 2 amide bonds. The van der Waals surface area contributed by atoms with E-state index < -0.39 is 6.09 Å². The highest BCUT2D eigenvalue weighted by Crippen LogP contribution is 2.30. The summed E-state index contributed by atoms with van der Waals surface area (Å²) in [7, 11) is 0. The number of carbonyl (C=O) groups excluding carboxylic acids is 3. The van der Waals surface area contributed by atoms with Gasteiger partial charge in [0.15, 0.2) is 0 Å². The maximum absolute atomic E-state index is 12.7. The van der Waals surface area contributed by atoms with Crippen LogP contribution in [0.4, 0.5) is 10.5 Å². The monoisotopic (exact) mass is 869 g/mol. The molecule has 2 N–H and O–H groups in total. The summed E-state index contributed by atoms with van der Waals surface area (Å²) >= 11 is 0. The molecule has 3 heterocycles. The van der Waals surface area contributed by atoms with E-state index in [9.17, 15) is 14.4 Å². The predicted molar refractivity (Wildman–Crippen MR) is 220 cm³/mol. The molecule has 3 aromatic heterocycles. The van der Waals surface area contributed by atoms with Crippen LogP contribution < -0.4 is 10.6 Å². The highest BCUT2D eigenvalue weighted by Gasteiger charge is 2.25. The number of nitrogens with zero attached hydrogens (tertiary/aromatic N) is 7. The number of carbonyl (C=O) groups is 3. The summed E-state index contributed by atoms with van der Waals surface area (Å²) in [6.45, 7) is 11.4. The second kappa shape index (κ2) is 27.0. The summed E-state index contributed by atoms with van der Waals surface area (Å²) in [6.07, 6.45) is 4.24. The SMILES string of the molecule is Cc1nnc(-c2cc(NC(=O)CCOCCOCCOCCn3nnc4c3CCC(COC(=O)NCCOCCOCCOCCC=O)C(C)CC4)cc(-c3nnc(C)o3)c2)o1. The predicted octanol–water partition coefficient (Wildman–Crippen LogP) is 3.57. The number of nitrogens with one attached hydrogen (secondary N) is 2. The first-order valence-electron chi connectivity index (χ1n) is 21.1. The number of hydrogen-bond acceptors (Lipinski definition) is 18. The Labute approximate surface area is 360 Å². The molecule has 2 unspecified atom stereocenters. The molecule has 1 aromatic carbocycles. The Kier molecular flexibility index (Phi) is 20.8. The van der Waals surface area contributed by atoms with Crippen LogP contribution in [0, 0.1) is 25.7 Å². The maximum atomic E-state index is 12.7. The van der Waals surface area contributed by atoms with Gasteiger partial charge in [0.05, 0.1) is 110 Å². The molecular formula is C41H59N9O12. The zero-order valence-electron chi connectivity index (χ0n) is 35.8. The quantitative estimate of drug-likeness (QED) is 0.0585. The maximum Gasteiger partial charge on any atom is 0.407 e. The summed E-state index contributed by atoms with van der Waals surface area (Å²) < 4.78 is 51.8. The molecule has 0 saturated carbocycles. The van der Waals surface area contributed by atoms with Crippen molar-refractivity contribution in [1.82, 2.24) is 40.7 Å². The molecular weight excluding hydrogens is 811 g/mol. The molecule has 5 rings (SSSR count). The van der Waals surface area contributed by atoms with Gasteiger partial charge in [-0.15, -0.1) is 25.5 Å². The summed E-state index contributed by atoms with van der Waals surface area (Å²) in [6, 6.07) is 5.24. The summed E-state index contributed by atoms with van der Waals surface area (Å²) in [5, 5.41) is 30.4. The van der Waals surface area contributed by atoms with Crippen molar-refractivity contribution < 1.29 is 56.4 Å². The molecule has 1 aliphatic carbocycles. The lowest BCUT2D eigenvalue weighted by Gasteiger charge is -2.26. The summed E-state index contributed by atoms with van der Waals surface area (Å²) in [5.74, 6) is 1.76. The van der Waals surface area contributed by atoms with Crippen LogP contribution in [0.2, 0.25) is 0 Å². The van der Waals surface area contributed by atoms with Gasteiger partial charge in [0.25, 0.3) is 0 Å². The fourth-order valence-electron chi connectivity index (χ4n) is 6.46. The van der Waals surface area contributed by atoms with E-state index in [0.29, 0.717) is 145 Å². The molecule has 21 heteroatoms. The normalized spacial score (nSPS) is 15.1. The van der Waals surface area contributed by atoms with E-state index in [4.69, 9.17) is 42.0 Å². The zero-order valence-corrected chi connectivity index (χ0v) is 35.8. The van der Waals surface area contributed by atoms with E-state index in [2.05, 4.69) is 48.3 Å². The van der Waals surface area contributed by atoms with Gasteiger partial charge < -0.3 is 57.4 Å². The number of aromatic nitrogens is 7. The van der Waals surface area contributed by atoms with Crippen LogP contribution >= 0.6 is 0 Å². The molecule has 1 aliphatic rings. The Morgan fingerprint density at radius 2 is 1.34 bits per heavy atom. The van der Waals surface area contributed by atoms with Gasteiger partial charge in [-0.1, -0.05) is 12.1 Å². The fourth-order valence-corrected chi connectivity index (χ4v) is 6.46. The molecule has 62 heavy (non-hydrogen) atoms. The second-order valence-electron chi connectivity index (χ2n) is 14.5. The Bertz CT molecular complexity index is 1880. The molecule has 0 radical (unpaired) electrons. The Balaban J connectivity index is 0.885. The van der Waals surface area contributed by atoms with Crippen molar-refractivity contribution in [1.29, 1.82) is 0 Å². The van der Waals surface area contributed by atoms with Crippen molar-refractivity contribution >= 4 is 24.0 Å². The number of alkyl carbamates (subject to hydrolysis) is 1. The van der Waals surface area contributed by atoms with Gasteiger partial charge >= 0.3 is 6.09 Å². The van der Waals surface area contributed by atoms with Crippen LogP contribution in [0.15, 0.2) is 27.0 Å². The number of anilines is 1. The number of benzene rings is 1. The number of ether oxygens (including phenoxy) is 7.